The lowest BCUT2D eigenvalue weighted by Gasteiger charge is -2.15. The average molecular weight is 261 g/mol. The zero-order valence-corrected chi connectivity index (χ0v) is 10.4. The number of hydrogen-bond acceptors (Lipinski definition) is 4. The minimum atomic E-state index is -0.435. The topological polar surface area (TPSA) is 64.6 Å². The molecule has 100 valence electrons. The lowest BCUT2D eigenvalue weighted by molar-refractivity contribution is -0.150. The van der Waals surface area contributed by atoms with Crippen molar-refractivity contribution in [3.63, 3.8) is 0 Å². The Kier molecular flexibility index (Phi) is 3.11. The summed E-state index contributed by atoms with van der Waals surface area (Å²) in [6.07, 6.45) is 0.801. The maximum atomic E-state index is 12.0. The summed E-state index contributed by atoms with van der Waals surface area (Å²) >= 11 is 0. The van der Waals surface area contributed by atoms with Crippen molar-refractivity contribution >= 4 is 12.1 Å². The van der Waals surface area contributed by atoms with Gasteiger partial charge in [0.05, 0.1) is 12.0 Å². The first-order valence-corrected chi connectivity index (χ1v) is 6.42. The Bertz CT molecular complexity index is 487. The molecule has 3 rings (SSSR count). The Hall–Kier alpha value is -2.04. The second-order valence-electron chi connectivity index (χ2n) is 4.89. The number of fused-ring (bicyclic) bond motifs is 1. The third kappa shape index (κ3) is 2.41. The molecule has 1 amide bonds. The van der Waals surface area contributed by atoms with E-state index >= 15 is 0 Å². The zero-order chi connectivity index (χ0) is 13.2. The summed E-state index contributed by atoms with van der Waals surface area (Å²) in [6, 6.07) is 9.31. The van der Waals surface area contributed by atoms with E-state index in [1.165, 1.54) is 0 Å². The lowest BCUT2D eigenvalue weighted by atomic mass is 10.0. The third-order valence-corrected chi connectivity index (χ3v) is 3.67. The van der Waals surface area contributed by atoms with Gasteiger partial charge in [0.15, 0.2) is 0 Å². The van der Waals surface area contributed by atoms with Crippen LogP contribution in [0.1, 0.15) is 18.4 Å². The molecule has 2 fully saturated rings. The molecule has 19 heavy (non-hydrogen) atoms. The highest BCUT2D eigenvalue weighted by Crippen LogP contribution is 2.33. The van der Waals surface area contributed by atoms with Gasteiger partial charge in [-0.15, -0.1) is 0 Å². The summed E-state index contributed by atoms with van der Waals surface area (Å²) in [5.74, 6) is -0.553. The van der Waals surface area contributed by atoms with E-state index in [1.54, 1.807) is 0 Å². The first-order chi connectivity index (χ1) is 9.24. The standard InChI is InChI=1S/C14H15NO4/c16-13(18-8-9-4-2-1-3-5-9)10-6-7-11-12(10)15-14(17)19-11/h1-5,10-12H,6-8H2,(H,15,17). The van der Waals surface area contributed by atoms with Crippen molar-refractivity contribution < 1.29 is 19.1 Å². The van der Waals surface area contributed by atoms with Gasteiger partial charge < -0.3 is 14.8 Å². The van der Waals surface area contributed by atoms with Gasteiger partial charge in [-0.25, -0.2) is 4.79 Å². The van der Waals surface area contributed by atoms with E-state index in [-0.39, 0.29) is 30.6 Å². The van der Waals surface area contributed by atoms with Gasteiger partial charge in [-0.3, -0.25) is 4.79 Å². The molecular formula is C14H15NO4. The molecule has 1 aliphatic carbocycles. The molecule has 2 aliphatic rings. The SMILES string of the molecule is O=C1NC2C(CCC2C(=O)OCc2ccccc2)O1. The number of nitrogens with one attached hydrogen (secondary N) is 1. The predicted molar refractivity (Wildman–Crippen MR) is 66.2 cm³/mol. The highest BCUT2D eigenvalue weighted by atomic mass is 16.6. The number of rotatable bonds is 3. The first-order valence-electron chi connectivity index (χ1n) is 6.42. The van der Waals surface area contributed by atoms with Crippen LogP contribution in [0.5, 0.6) is 0 Å². The van der Waals surface area contributed by atoms with Crippen molar-refractivity contribution in [2.75, 3.05) is 0 Å². The van der Waals surface area contributed by atoms with E-state index in [4.69, 9.17) is 9.47 Å². The predicted octanol–water partition coefficient (Wildman–Crippen LogP) is 1.62. The summed E-state index contributed by atoms with van der Waals surface area (Å²) in [4.78, 5) is 23.2. The van der Waals surface area contributed by atoms with Crippen LogP contribution in [0.4, 0.5) is 4.79 Å². The van der Waals surface area contributed by atoms with Crippen LogP contribution in [-0.4, -0.2) is 24.2 Å². The summed E-state index contributed by atoms with van der Waals surface area (Å²) in [5, 5.41) is 2.68. The summed E-state index contributed by atoms with van der Waals surface area (Å²) in [7, 11) is 0. The van der Waals surface area contributed by atoms with Crippen LogP contribution in [-0.2, 0) is 20.9 Å². The van der Waals surface area contributed by atoms with Crippen molar-refractivity contribution in [3.05, 3.63) is 35.9 Å². The van der Waals surface area contributed by atoms with Gasteiger partial charge in [-0.1, -0.05) is 30.3 Å². The number of carbonyl (C=O) groups is 2. The molecule has 1 aliphatic heterocycles. The number of amides is 1. The van der Waals surface area contributed by atoms with Gasteiger partial charge in [-0.05, 0) is 18.4 Å². The molecule has 5 nitrogen and oxygen atoms in total. The fourth-order valence-electron chi connectivity index (χ4n) is 2.70. The monoisotopic (exact) mass is 261 g/mol. The van der Waals surface area contributed by atoms with Crippen molar-refractivity contribution in [1.82, 2.24) is 5.32 Å². The van der Waals surface area contributed by atoms with Gasteiger partial charge in [0.1, 0.15) is 12.7 Å². The Morgan fingerprint density at radius 2 is 2.11 bits per heavy atom. The summed E-state index contributed by atoms with van der Waals surface area (Å²) in [6.45, 7) is 0.266. The zero-order valence-electron chi connectivity index (χ0n) is 10.4. The summed E-state index contributed by atoms with van der Waals surface area (Å²) in [5.41, 5.74) is 0.956. The van der Waals surface area contributed by atoms with Crippen molar-refractivity contribution in [2.24, 2.45) is 5.92 Å². The third-order valence-electron chi connectivity index (χ3n) is 3.67. The van der Waals surface area contributed by atoms with E-state index in [1.807, 2.05) is 30.3 Å². The molecule has 1 aromatic carbocycles. The molecule has 0 radical (unpaired) electrons. The maximum Gasteiger partial charge on any atom is 0.407 e. The molecule has 3 unspecified atom stereocenters. The Morgan fingerprint density at radius 3 is 2.89 bits per heavy atom. The Balaban J connectivity index is 1.58. The molecule has 0 bridgehead atoms. The van der Waals surface area contributed by atoms with E-state index in [0.717, 1.165) is 5.56 Å². The molecule has 0 spiro atoms. The van der Waals surface area contributed by atoms with Gasteiger partial charge in [0.2, 0.25) is 0 Å². The van der Waals surface area contributed by atoms with Crippen molar-refractivity contribution in [1.29, 1.82) is 0 Å². The van der Waals surface area contributed by atoms with E-state index in [9.17, 15) is 9.59 Å². The van der Waals surface area contributed by atoms with Crippen LogP contribution in [0.15, 0.2) is 30.3 Å². The quantitative estimate of drug-likeness (QED) is 0.840. The fourth-order valence-corrected chi connectivity index (χ4v) is 2.70. The molecule has 1 saturated carbocycles. The smallest absolute Gasteiger partial charge is 0.407 e. The minimum absolute atomic E-state index is 0.179. The molecule has 5 heteroatoms. The van der Waals surface area contributed by atoms with Gasteiger partial charge in [-0.2, -0.15) is 0 Å². The van der Waals surface area contributed by atoms with Crippen LogP contribution in [0.2, 0.25) is 0 Å². The van der Waals surface area contributed by atoms with Gasteiger partial charge in [0, 0.05) is 0 Å². The van der Waals surface area contributed by atoms with Crippen LogP contribution in [0, 0.1) is 5.92 Å². The highest BCUT2D eigenvalue weighted by Gasteiger charge is 2.48. The summed E-state index contributed by atoms with van der Waals surface area (Å²) < 4.78 is 10.4. The molecular weight excluding hydrogens is 246 g/mol. The van der Waals surface area contributed by atoms with E-state index < -0.39 is 6.09 Å². The largest absolute Gasteiger partial charge is 0.461 e. The number of carbonyl (C=O) groups excluding carboxylic acids is 2. The first kappa shape index (κ1) is 12.0. The highest BCUT2D eigenvalue weighted by molar-refractivity contribution is 5.77. The Morgan fingerprint density at radius 1 is 1.32 bits per heavy atom. The number of hydrogen-bond donors (Lipinski definition) is 1. The number of alkyl carbamates (subject to hydrolysis) is 1. The average Bonchev–Trinajstić information content (AvgIpc) is 2.96. The minimum Gasteiger partial charge on any atom is -0.461 e. The van der Waals surface area contributed by atoms with Crippen LogP contribution in [0.25, 0.3) is 0 Å². The van der Waals surface area contributed by atoms with Crippen molar-refractivity contribution in [2.45, 2.75) is 31.6 Å². The van der Waals surface area contributed by atoms with Gasteiger partial charge >= 0.3 is 12.1 Å². The number of ether oxygens (including phenoxy) is 2. The molecule has 1 N–H and O–H groups in total. The van der Waals surface area contributed by atoms with Crippen molar-refractivity contribution in [3.8, 4) is 0 Å². The maximum absolute atomic E-state index is 12.0. The van der Waals surface area contributed by atoms with Crippen LogP contribution >= 0.6 is 0 Å². The van der Waals surface area contributed by atoms with Crippen LogP contribution in [0.3, 0.4) is 0 Å². The van der Waals surface area contributed by atoms with E-state index in [0.29, 0.717) is 12.8 Å². The lowest BCUT2D eigenvalue weighted by Crippen LogP contribution is -2.38. The van der Waals surface area contributed by atoms with Gasteiger partial charge in [0.25, 0.3) is 0 Å². The molecule has 1 aromatic rings. The normalized spacial score (nSPS) is 28.4. The second-order valence-corrected chi connectivity index (χ2v) is 4.89. The van der Waals surface area contributed by atoms with E-state index in [2.05, 4.69) is 5.32 Å². The number of benzene rings is 1. The molecule has 0 aromatic heterocycles. The molecule has 1 saturated heterocycles. The fraction of sp³-hybridized carbons (Fsp3) is 0.429. The molecule has 3 atom stereocenters. The number of esters is 1. The Labute approximate surface area is 110 Å². The van der Waals surface area contributed by atoms with Crippen LogP contribution < -0.4 is 5.32 Å². The molecule has 1 heterocycles. The second kappa shape index (κ2) is 4.91.